The van der Waals surface area contributed by atoms with Crippen molar-refractivity contribution in [2.24, 2.45) is 0 Å². The van der Waals surface area contributed by atoms with Crippen LogP contribution >= 0.6 is 15.9 Å². The van der Waals surface area contributed by atoms with E-state index in [0.29, 0.717) is 6.42 Å². The molecule has 1 N–H and O–H groups in total. The molecule has 120 valence electrons. The minimum Gasteiger partial charge on any atom is -0.467 e. The Kier molecular flexibility index (Phi) is 6.35. The molecule has 0 saturated heterocycles. The van der Waals surface area contributed by atoms with Crippen molar-refractivity contribution in [3.63, 3.8) is 0 Å². The van der Waals surface area contributed by atoms with Gasteiger partial charge in [0.25, 0.3) is 0 Å². The third-order valence-corrected chi connectivity index (χ3v) is 3.91. The van der Waals surface area contributed by atoms with Gasteiger partial charge in [-0.2, -0.15) is 0 Å². The molecule has 0 aliphatic carbocycles. The summed E-state index contributed by atoms with van der Waals surface area (Å²) < 4.78 is 5.75. The number of nitrogens with one attached hydrogen (secondary N) is 1. The first-order chi connectivity index (χ1) is 11.1. The molecule has 1 amide bonds. The second kappa shape index (κ2) is 8.48. The van der Waals surface area contributed by atoms with E-state index in [0.717, 1.165) is 15.6 Å². The van der Waals surface area contributed by atoms with E-state index in [1.54, 1.807) is 0 Å². The van der Waals surface area contributed by atoms with Gasteiger partial charge in [-0.15, -0.1) is 0 Å². The van der Waals surface area contributed by atoms with Crippen LogP contribution in [0.25, 0.3) is 0 Å². The number of ether oxygens (including phenoxy) is 1. The highest BCUT2D eigenvalue weighted by Crippen LogP contribution is 2.11. The van der Waals surface area contributed by atoms with Crippen LogP contribution in [0.15, 0.2) is 59.1 Å². The standard InChI is InChI=1S/C18H18BrNO3/c1-23-18(22)16(11-13-5-3-2-4-6-13)20-17(21)12-14-7-9-15(19)10-8-14/h2-10,16H,11-12H2,1H3,(H,20,21). The van der Waals surface area contributed by atoms with Crippen molar-refractivity contribution in [2.45, 2.75) is 18.9 Å². The Morgan fingerprint density at radius 1 is 1.04 bits per heavy atom. The first-order valence-corrected chi connectivity index (χ1v) is 8.03. The van der Waals surface area contributed by atoms with Crippen LogP contribution in [-0.4, -0.2) is 25.0 Å². The molecule has 1 unspecified atom stereocenters. The van der Waals surface area contributed by atoms with Gasteiger partial charge in [0.05, 0.1) is 13.5 Å². The third-order valence-electron chi connectivity index (χ3n) is 3.38. The Balaban J connectivity index is 2.00. The quantitative estimate of drug-likeness (QED) is 0.789. The van der Waals surface area contributed by atoms with Gasteiger partial charge in [0, 0.05) is 10.9 Å². The molecule has 4 nitrogen and oxygen atoms in total. The lowest BCUT2D eigenvalue weighted by Gasteiger charge is -2.16. The molecule has 0 aromatic heterocycles. The predicted octanol–water partition coefficient (Wildman–Crippen LogP) is 2.89. The van der Waals surface area contributed by atoms with Gasteiger partial charge in [-0.05, 0) is 23.3 Å². The highest BCUT2D eigenvalue weighted by molar-refractivity contribution is 9.10. The Morgan fingerprint density at radius 3 is 2.30 bits per heavy atom. The van der Waals surface area contributed by atoms with Crippen molar-refractivity contribution < 1.29 is 14.3 Å². The van der Waals surface area contributed by atoms with E-state index in [9.17, 15) is 9.59 Å². The largest absolute Gasteiger partial charge is 0.467 e. The van der Waals surface area contributed by atoms with Gasteiger partial charge in [0.2, 0.25) is 5.91 Å². The van der Waals surface area contributed by atoms with Crippen molar-refractivity contribution in [1.82, 2.24) is 5.32 Å². The van der Waals surface area contributed by atoms with Crippen LogP contribution in [0.5, 0.6) is 0 Å². The number of hydrogen-bond acceptors (Lipinski definition) is 3. The zero-order valence-electron chi connectivity index (χ0n) is 12.8. The molecule has 2 aromatic rings. The van der Waals surface area contributed by atoms with E-state index >= 15 is 0 Å². The molecule has 0 bridgehead atoms. The second-order valence-electron chi connectivity index (χ2n) is 5.14. The third kappa shape index (κ3) is 5.53. The summed E-state index contributed by atoms with van der Waals surface area (Å²) in [6, 6.07) is 16.3. The highest BCUT2D eigenvalue weighted by atomic mass is 79.9. The lowest BCUT2D eigenvalue weighted by molar-refractivity contribution is -0.145. The average Bonchev–Trinajstić information content (AvgIpc) is 2.56. The predicted molar refractivity (Wildman–Crippen MR) is 91.9 cm³/mol. The zero-order valence-corrected chi connectivity index (χ0v) is 14.4. The van der Waals surface area contributed by atoms with Crippen LogP contribution in [0, 0.1) is 0 Å². The first kappa shape index (κ1) is 17.2. The Bertz CT molecular complexity index is 656. The molecule has 0 radical (unpaired) electrons. The molecular formula is C18H18BrNO3. The summed E-state index contributed by atoms with van der Waals surface area (Å²) in [7, 11) is 1.32. The molecule has 0 spiro atoms. The summed E-state index contributed by atoms with van der Waals surface area (Å²) in [5, 5.41) is 2.75. The Morgan fingerprint density at radius 2 is 1.70 bits per heavy atom. The van der Waals surface area contributed by atoms with Crippen LogP contribution in [0.4, 0.5) is 0 Å². The highest BCUT2D eigenvalue weighted by Gasteiger charge is 2.21. The molecule has 0 heterocycles. The van der Waals surface area contributed by atoms with E-state index in [1.807, 2.05) is 54.6 Å². The van der Waals surface area contributed by atoms with Gasteiger partial charge >= 0.3 is 5.97 Å². The molecule has 2 rings (SSSR count). The number of carbonyl (C=O) groups is 2. The van der Waals surface area contributed by atoms with E-state index in [1.165, 1.54) is 7.11 Å². The van der Waals surface area contributed by atoms with Gasteiger partial charge in [0.15, 0.2) is 0 Å². The van der Waals surface area contributed by atoms with Gasteiger partial charge in [-0.3, -0.25) is 4.79 Å². The van der Waals surface area contributed by atoms with Crippen molar-refractivity contribution >= 4 is 27.8 Å². The molecule has 5 heteroatoms. The van der Waals surface area contributed by atoms with Gasteiger partial charge in [-0.25, -0.2) is 4.79 Å². The summed E-state index contributed by atoms with van der Waals surface area (Å²) >= 11 is 3.36. The smallest absolute Gasteiger partial charge is 0.328 e. The SMILES string of the molecule is COC(=O)C(Cc1ccccc1)NC(=O)Cc1ccc(Br)cc1. The fraction of sp³-hybridized carbons (Fsp3) is 0.222. The van der Waals surface area contributed by atoms with Crippen molar-refractivity contribution in [3.8, 4) is 0 Å². The van der Waals surface area contributed by atoms with Crippen LogP contribution < -0.4 is 5.32 Å². The Labute approximate surface area is 144 Å². The lowest BCUT2D eigenvalue weighted by Crippen LogP contribution is -2.43. The van der Waals surface area contributed by atoms with E-state index in [4.69, 9.17) is 4.74 Å². The van der Waals surface area contributed by atoms with E-state index < -0.39 is 12.0 Å². The summed E-state index contributed by atoms with van der Waals surface area (Å²) in [6.07, 6.45) is 0.620. The van der Waals surface area contributed by atoms with Crippen LogP contribution in [0.2, 0.25) is 0 Å². The number of esters is 1. The van der Waals surface area contributed by atoms with E-state index in [2.05, 4.69) is 21.2 Å². The number of hydrogen-bond donors (Lipinski definition) is 1. The summed E-state index contributed by atoms with van der Waals surface area (Å²) in [5.41, 5.74) is 1.85. The normalized spacial score (nSPS) is 11.6. The number of halogens is 1. The molecular weight excluding hydrogens is 358 g/mol. The van der Waals surface area contributed by atoms with Crippen molar-refractivity contribution in [2.75, 3.05) is 7.11 Å². The second-order valence-corrected chi connectivity index (χ2v) is 6.05. The summed E-state index contributed by atoms with van der Waals surface area (Å²) in [6.45, 7) is 0. The van der Waals surface area contributed by atoms with E-state index in [-0.39, 0.29) is 12.3 Å². The molecule has 1 atom stereocenters. The maximum Gasteiger partial charge on any atom is 0.328 e. The van der Waals surface area contributed by atoms with Gasteiger partial charge in [-0.1, -0.05) is 58.4 Å². The van der Waals surface area contributed by atoms with Gasteiger partial charge < -0.3 is 10.1 Å². The molecule has 0 fully saturated rings. The number of amides is 1. The van der Waals surface area contributed by atoms with Gasteiger partial charge in [0.1, 0.15) is 6.04 Å². The fourth-order valence-corrected chi connectivity index (χ4v) is 2.48. The summed E-state index contributed by atoms with van der Waals surface area (Å²) in [4.78, 5) is 24.1. The van der Waals surface area contributed by atoms with Crippen molar-refractivity contribution in [1.29, 1.82) is 0 Å². The maximum atomic E-state index is 12.2. The topological polar surface area (TPSA) is 55.4 Å². The maximum absolute atomic E-state index is 12.2. The fourth-order valence-electron chi connectivity index (χ4n) is 2.22. The monoisotopic (exact) mass is 375 g/mol. The minimum atomic E-state index is -0.689. The number of benzene rings is 2. The van der Waals surface area contributed by atoms with Crippen molar-refractivity contribution in [3.05, 3.63) is 70.2 Å². The number of carbonyl (C=O) groups excluding carboxylic acids is 2. The number of rotatable bonds is 6. The summed E-state index contributed by atoms with van der Waals surface area (Å²) in [5.74, 6) is -0.656. The number of methoxy groups -OCH3 is 1. The molecule has 23 heavy (non-hydrogen) atoms. The minimum absolute atomic E-state index is 0.210. The van der Waals surface area contributed by atoms with Crippen LogP contribution in [-0.2, 0) is 27.2 Å². The van der Waals surface area contributed by atoms with Crippen LogP contribution in [0.3, 0.4) is 0 Å². The first-order valence-electron chi connectivity index (χ1n) is 7.24. The lowest BCUT2D eigenvalue weighted by atomic mass is 10.1. The van der Waals surface area contributed by atoms with Crippen LogP contribution in [0.1, 0.15) is 11.1 Å². The Hall–Kier alpha value is -2.14. The molecule has 0 aliphatic heterocycles. The molecule has 0 saturated carbocycles. The zero-order chi connectivity index (χ0) is 16.7. The average molecular weight is 376 g/mol. The molecule has 2 aromatic carbocycles. The molecule has 0 aliphatic rings.